The maximum absolute atomic E-state index is 12.7. The molecule has 0 aromatic heterocycles. The number of benzene rings is 1. The van der Waals surface area contributed by atoms with Crippen molar-refractivity contribution >= 4 is 19.5 Å². The largest absolute Gasteiger partial charge is 0.453 e. The zero-order valence-electron chi connectivity index (χ0n) is 11.6. The monoisotopic (exact) mass is 336 g/mol. The summed E-state index contributed by atoms with van der Waals surface area (Å²) in [5.41, 5.74) is -0.893. The standard InChI is InChI=1S/C12H12F3N2O4P/c1-16-10(18)7-11(19)17(2)22(16,20)21-9-5-3-8(4-6-9)12(13,14)15/h3-6H,7H2,1-2H3. The number of alkyl halides is 3. The van der Waals surface area contributed by atoms with Crippen molar-refractivity contribution in [3.8, 4) is 5.75 Å². The number of hydrogen-bond donors (Lipinski definition) is 0. The quantitative estimate of drug-likeness (QED) is 0.615. The molecule has 0 radical (unpaired) electrons. The van der Waals surface area contributed by atoms with Crippen molar-refractivity contribution < 1.29 is 31.8 Å². The van der Waals surface area contributed by atoms with E-state index >= 15 is 0 Å². The molecule has 0 spiro atoms. The summed E-state index contributed by atoms with van der Waals surface area (Å²) in [4.78, 5) is 23.2. The molecule has 0 bridgehead atoms. The minimum atomic E-state index is -4.51. The molecule has 1 saturated heterocycles. The molecule has 2 rings (SSSR count). The van der Waals surface area contributed by atoms with E-state index in [2.05, 4.69) is 0 Å². The highest BCUT2D eigenvalue weighted by molar-refractivity contribution is 7.56. The SMILES string of the molecule is CN1C(=O)CC(=O)N(C)P1(=O)Oc1ccc(C(F)(F)F)cc1. The van der Waals surface area contributed by atoms with Gasteiger partial charge in [-0.15, -0.1) is 0 Å². The molecule has 6 nitrogen and oxygen atoms in total. The molecule has 120 valence electrons. The first-order valence-electron chi connectivity index (χ1n) is 6.06. The summed E-state index contributed by atoms with van der Waals surface area (Å²) >= 11 is 0. The molecule has 2 amide bonds. The summed E-state index contributed by atoms with van der Waals surface area (Å²) in [5, 5.41) is 0. The smallest absolute Gasteiger partial charge is 0.414 e. The molecule has 1 fully saturated rings. The fourth-order valence-electron chi connectivity index (χ4n) is 1.81. The molecule has 1 heterocycles. The average Bonchev–Trinajstić information content (AvgIpc) is 2.43. The summed E-state index contributed by atoms with van der Waals surface area (Å²) in [5.74, 6) is -1.51. The van der Waals surface area contributed by atoms with Crippen LogP contribution in [0.2, 0.25) is 0 Å². The number of nitrogens with zero attached hydrogens (tertiary/aromatic N) is 2. The van der Waals surface area contributed by atoms with E-state index in [0.717, 1.165) is 33.6 Å². The van der Waals surface area contributed by atoms with Crippen LogP contribution in [-0.4, -0.2) is 35.3 Å². The number of hydrogen-bond acceptors (Lipinski definition) is 4. The summed E-state index contributed by atoms with van der Waals surface area (Å²) in [6.45, 7) is 0. The van der Waals surface area contributed by atoms with Gasteiger partial charge in [0.1, 0.15) is 12.2 Å². The maximum atomic E-state index is 12.7. The van der Waals surface area contributed by atoms with Crippen LogP contribution in [0.1, 0.15) is 12.0 Å². The molecule has 0 atom stereocenters. The van der Waals surface area contributed by atoms with Crippen molar-refractivity contribution in [1.82, 2.24) is 9.34 Å². The fraction of sp³-hybridized carbons (Fsp3) is 0.333. The topological polar surface area (TPSA) is 66.9 Å². The number of rotatable bonds is 2. The Morgan fingerprint density at radius 3 is 1.91 bits per heavy atom. The zero-order chi connectivity index (χ0) is 16.7. The second kappa shape index (κ2) is 5.31. The van der Waals surface area contributed by atoms with Gasteiger partial charge < -0.3 is 4.52 Å². The molecular weight excluding hydrogens is 324 g/mol. The Morgan fingerprint density at radius 2 is 1.50 bits per heavy atom. The Bertz CT molecular complexity index is 635. The first-order valence-corrected chi connectivity index (χ1v) is 7.59. The van der Waals surface area contributed by atoms with Gasteiger partial charge in [0.2, 0.25) is 11.8 Å². The van der Waals surface area contributed by atoms with Crippen LogP contribution in [0.5, 0.6) is 5.75 Å². The van der Waals surface area contributed by atoms with E-state index in [0.29, 0.717) is 0 Å². The lowest BCUT2D eigenvalue weighted by atomic mass is 10.2. The number of halogens is 3. The van der Waals surface area contributed by atoms with Crippen molar-refractivity contribution in [3.05, 3.63) is 29.8 Å². The molecule has 0 aliphatic carbocycles. The highest BCUT2D eigenvalue weighted by Gasteiger charge is 2.47. The first kappa shape index (κ1) is 16.4. The lowest BCUT2D eigenvalue weighted by Gasteiger charge is -2.37. The van der Waals surface area contributed by atoms with Gasteiger partial charge in [-0.3, -0.25) is 9.59 Å². The van der Waals surface area contributed by atoms with Crippen molar-refractivity contribution in [1.29, 1.82) is 0 Å². The molecular formula is C12H12F3N2O4P. The van der Waals surface area contributed by atoms with Crippen LogP contribution in [0.25, 0.3) is 0 Å². The van der Waals surface area contributed by atoms with E-state index in [1.807, 2.05) is 0 Å². The number of carbonyl (C=O) groups is 2. The predicted octanol–water partition coefficient (Wildman–Crippen LogP) is 2.51. The Balaban J connectivity index is 2.30. The molecule has 1 aromatic carbocycles. The van der Waals surface area contributed by atoms with Crippen LogP contribution in [0.15, 0.2) is 24.3 Å². The van der Waals surface area contributed by atoms with Crippen LogP contribution >= 0.6 is 7.67 Å². The van der Waals surface area contributed by atoms with E-state index in [4.69, 9.17) is 4.52 Å². The number of carbonyl (C=O) groups excluding carboxylic acids is 2. The Hall–Kier alpha value is -2.02. The number of amides is 2. The first-order chi connectivity index (χ1) is 10.1. The van der Waals surface area contributed by atoms with Crippen LogP contribution in [0, 0.1) is 0 Å². The third-order valence-electron chi connectivity index (χ3n) is 3.19. The molecule has 1 aromatic rings. The van der Waals surface area contributed by atoms with Gasteiger partial charge in [-0.25, -0.2) is 13.9 Å². The molecule has 0 saturated carbocycles. The molecule has 0 N–H and O–H groups in total. The minimum absolute atomic E-state index is 0.141. The van der Waals surface area contributed by atoms with E-state index in [9.17, 15) is 27.3 Å². The van der Waals surface area contributed by atoms with Gasteiger partial charge in [0, 0.05) is 14.1 Å². The third kappa shape index (κ3) is 2.81. The van der Waals surface area contributed by atoms with Gasteiger partial charge >= 0.3 is 13.8 Å². The van der Waals surface area contributed by atoms with Crippen LogP contribution < -0.4 is 4.52 Å². The fourth-order valence-corrected chi connectivity index (χ4v) is 3.55. The third-order valence-corrected chi connectivity index (χ3v) is 5.60. The zero-order valence-corrected chi connectivity index (χ0v) is 12.5. The van der Waals surface area contributed by atoms with E-state index in [-0.39, 0.29) is 5.75 Å². The highest BCUT2D eigenvalue weighted by Crippen LogP contribution is 2.55. The van der Waals surface area contributed by atoms with Crippen LogP contribution in [-0.2, 0) is 20.3 Å². The average molecular weight is 336 g/mol. The molecule has 10 heteroatoms. The van der Waals surface area contributed by atoms with E-state index in [1.54, 1.807) is 0 Å². The Morgan fingerprint density at radius 1 is 1.05 bits per heavy atom. The van der Waals surface area contributed by atoms with E-state index in [1.165, 1.54) is 14.1 Å². The van der Waals surface area contributed by atoms with Crippen LogP contribution in [0.3, 0.4) is 0 Å². The Labute approximate surface area is 124 Å². The van der Waals surface area contributed by atoms with Gasteiger partial charge in [-0.2, -0.15) is 13.2 Å². The normalized spacial score (nSPS) is 18.6. The molecule has 22 heavy (non-hydrogen) atoms. The maximum Gasteiger partial charge on any atom is 0.453 e. The predicted molar refractivity (Wildman–Crippen MR) is 69.8 cm³/mol. The minimum Gasteiger partial charge on any atom is -0.414 e. The van der Waals surface area contributed by atoms with Gasteiger partial charge in [0.05, 0.1) is 5.56 Å². The second-order valence-corrected chi connectivity index (χ2v) is 6.98. The molecule has 1 aliphatic heterocycles. The molecule has 1 aliphatic rings. The highest BCUT2D eigenvalue weighted by atomic mass is 31.2. The molecule has 0 unspecified atom stereocenters. The van der Waals surface area contributed by atoms with Gasteiger partial charge in [0.25, 0.3) is 0 Å². The van der Waals surface area contributed by atoms with E-state index < -0.39 is 37.6 Å². The van der Waals surface area contributed by atoms with Crippen molar-refractivity contribution in [2.24, 2.45) is 0 Å². The van der Waals surface area contributed by atoms with Gasteiger partial charge in [0.15, 0.2) is 0 Å². The lowest BCUT2D eigenvalue weighted by Crippen LogP contribution is -2.44. The summed E-state index contributed by atoms with van der Waals surface area (Å²) in [7, 11) is -1.59. The van der Waals surface area contributed by atoms with Crippen molar-refractivity contribution in [3.63, 3.8) is 0 Å². The van der Waals surface area contributed by atoms with Crippen molar-refractivity contribution in [2.45, 2.75) is 12.6 Å². The van der Waals surface area contributed by atoms with Crippen LogP contribution in [0.4, 0.5) is 13.2 Å². The summed E-state index contributed by atoms with van der Waals surface area (Å²) < 4.78 is 56.9. The second-order valence-electron chi connectivity index (χ2n) is 4.62. The summed E-state index contributed by atoms with van der Waals surface area (Å²) in [6.07, 6.45) is -4.94. The van der Waals surface area contributed by atoms with Gasteiger partial charge in [-0.1, -0.05) is 0 Å². The Kier molecular flexibility index (Phi) is 3.95. The van der Waals surface area contributed by atoms with Gasteiger partial charge in [-0.05, 0) is 24.3 Å². The summed E-state index contributed by atoms with van der Waals surface area (Å²) in [6, 6.07) is 3.48. The lowest BCUT2D eigenvalue weighted by molar-refractivity contribution is -0.138. The van der Waals surface area contributed by atoms with Crippen molar-refractivity contribution in [2.75, 3.05) is 14.1 Å².